The molecule has 0 saturated heterocycles. The second kappa shape index (κ2) is 8.16. The summed E-state index contributed by atoms with van der Waals surface area (Å²) in [5.74, 6) is -0.105. The number of benzene rings is 2. The van der Waals surface area contributed by atoms with Crippen molar-refractivity contribution in [3.05, 3.63) is 72.1 Å². The number of aliphatic hydroxyl groups excluding tert-OH is 1. The van der Waals surface area contributed by atoms with E-state index in [2.05, 4.69) is 20.8 Å². The molecule has 1 aromatic heterocycles. The van der Waals surface area contributed by atoms with Crippen molar-refractivity contribution in [2.24, 2.45) is 0 Å². The number of aromatic nitrogens is 4. The van der Waals surface area contributed by atoms with E-state index in [4.69, 9.17) is 0 Å². The normalized spacial score (nSPS) is 11.9. The standard InChI is InChI=1S/C18H19N5O2/c24-10-9-16(14-5-2-1-3-6-14)12-19-18(25)15-7-4-8-17(11-15)23-13-20-21-22-23/h1-8,11,13,16,24H,9-10,12H2,(H,19,25). The monoisotopic (exact) mass is 337 g/mol. The molecule has 1 heterocycles. The van der Waals surface area contributed by atoms with Gasteiger partial charge < -0.3 is 10.4 Å². The maximum Gasteiger partial charge on any atom is 0.251 e. The maximum absolute atomic E-state index is 12.5. The van der Waals surface area contributed by atoms with E-state index in [0.29, 0.717) is 24.2 Å². The van der Waals surface area contributed by atoms with Gasteiger partial charge in [0.05, 0.1) is 5.69 Å². The lowest BCUT2D eigenvalue weighted by molar-refractivity contribution is 0.0949. The molecule has 0 saturated carbocycles. The number of carbonyl (C=O) groups is 1. The van der Waals surface area contributed by atoms with Crippen molar-refractivity contribution in [3.63, 3.8) is 0 Å². The highest BCUT2D eigenvalue weighted by molar-refractivity contribution is 5.94. The summed E-state index contributed by atoms with van der Waals surface area (Å²) in [7, 11) is 0. The highest BCUT2D eigenvalue weighted by atomic mass is 16.3. The molecule has 2 aromatic carbocycles. The fourth-order valence-corrected chi connectivity index (χ4v) is 2.65. The van der Waals surface area contributed by atoms with Gasteiger partial charge in [0.1, 0.15) is 6.33 Å². The van der Waals surface area contributed by atoms with Gasteiger partial charge in [0.25, 0.3) is 5.91 Å². The first kappa shape index (κ1) is 16.8. The Labute approximate surface area is 145 Å². The second-order valence-corrected chi connectivity index (χ2v) is 5.63. The van der Waals surface area contributed by atoms with Gasteiger partial charge in [0.2, 0.25) is 0 Å². The van der Waals surface area contributed by atoms with E-state index >= 15 is 0 Å². The van der Waals surface area contributed by atoms with Gasteiger partial charge in [-0.05, 0) is 40.6 Å². The maximum atomic E-state index is 12.5. The summed E-state index contributed by atoms with van der Waals surface area (Å²) in [5.41, 5.74) is 2.34. The largest absolute Gasteiger partial charge is 0.396 e. The fraction of sp³-hybridized carbons (Fsp3) is 0.222. The molecule has 0 bridgehead atoms. The molecule has 0 aliphatic carbocycles. The van der Waals surface area contributed by atoms with Gasteiger partial charge in [-0.1, -0.05) is 36.4 Å². The van der Waals surface area contributed by atoms with Gasteiger partial charge in [0, 0.05) is 24.6 Å². The van der Waals surface area contributed by atoms with Crippen LogP contribution in [0.5, 0.6) is 0 Å². The van der Waals surface area contributed by atoms with E-state index in [9.17, 15) is 9.90 Å². The molecule has 0 radical (unpaired) electrons. The van der Waals surface area contributed by atoms with Crippen molar-refractivity contribution >= 4 is 5.91 Å². The van der Waals surface area contributed by atoms with Crippen LogP contribution in [0.15, 0.2) is 60.9 Å². The van der Waals surface area contributed by atoms with Crippen molar-refractivity contribution < 1.29 is 9.90 Å². The van der Waals surface area contributed by atoms with Crippen LogP contribution in [0, 0.1) is 0 Å². The lowest BCUT2D eigenvalue weighted by atomic mass is 9.96. The number of hydrogen-bond acceptors (Lipinski definition) is 5. The highest BCUT2D eigenvalue weighted by Gasteiger charge is 2.14. The summed E-state index contributed by atoms with van der Waals surface area (Å²) in [4.78, 5) is 12.5. The van der Waals surface area contributed by atoms with E-state index in [-0.39, 0.29) is 18.4 Å². The first-order chi connectivity index (χ1) is 12.3. The third kappa shape index (κ3) is 4.27. The minimum atomic E-state index is -0.172. The van der Waals surface area contributed by atoms with E-state index in [1.807, 2.05) is 36.4 Å². The van der Waals surface area contributed by atoms with Gasteiger partial charge in [0.15, 0.2) is 0 Å². The van der Waals surface area contributed by atoms with Gasteiger partial charge in [-0.3, -0.25) is 4.79 Å². The van der Waals surface area contributed by atoms with Gasteiger partial charge in [-0.2, -0.15) is 0 Å². The van der Waals surface area contributed by atoms with Crippen molar-refractivity contribution in [2.75, 3.05) is 13.2 Å². The molecule has 0 aliphatic heterocycles. The van der Waals surface area contributed by atoms with Crippen molar-refractivity contribution in [1.82, 2.24) is 25.5 Å². The number of nitrogens with one attached hydrogen (secondary N) is 1. The molecule has 0 fully saturated rings. The summed E-state index contributed by atoms with van der Waals surface area (Å²) in [6.45, 7) is 0.530. The minimum absolute atomic E-state index is 0.0675. The van der Waals surface area contributed by atoms with Crippen LogP contribution < -0.4 is 5.32 Å². The SMILES string of the molecule is O=C(NCC(CCO)c1ccccc1)c1cccc(-n2cnnn2)c1. The van der Waals surface area contributed by atoms with E-state index < -0.39 is 0 Å². The highest BCUT2D eigenvalue weighted by Crippen LogP contribution is 2.18. The summed E-state index contributed by atoms with van der Waals surface area (Å²) in [6, 6.07) is 17.0. The zero-order chi connectivity index (χ0) is 17.5. The zero-order valence-corrected chi connectivity index (χ0v) is 13.6. The Balaban J connectivity index is 1.68. The summed E-state index contributed by atoms with van der Waals surface area (Å²) in [5, 5.41) is 23.2. The van der Waals surface area contributed by atoms with Crippen LogP contribution >= 0.6 is 0 Å². The Bertz CT molecular complexity index is 805. The number of tetrazole rings is 1. The summed E-state index contributed by atoms with van der Waals surface area (Å²) < 4.78 is 1.50. The molecule has 0 aliphatic rings. The van der Waals surface area contributed by atoms with Crippen LogP contribution in [0.25, 0.3) is 5.69 Å². The van der Waals surface area contributed by atoms with Crippen LogP contribution in [0.2, 0.25) is 0 Å². The molecule has 0 spiro atoms. The lowest BCUT2D eigenvalue weighted by Crippen LogP contribution is -2.29. The second-order valence-electron chi connectivity index (χ2n) is 5.63. The number of nitrogens with zero attached hydrogens (tertiary/aromatic N) is 4. The van der Waals surface area contributed by atoms with Crippen LogP contribution in [-0.2, 0) is 0 Å². The van der Waals surface area contributed by atoms with Crippen LogP contribution in [0.3, 0.4) is 0 Å². The Morgan fingerprint density at radius 3 is 2.72 bits per heavy atom. The van der Waals surface area contributed by atoms with Crippen LogP contribution in [0.1, 0.15) is 28.3 Å². The van der Waals surface area contributed by atoms with E-state index in [0.717, 1.165) is 5.56 Å². The molecule has 25 heavy (non-hydrogen) atoms. The topological polar surface area (TPSA) is 92.9 Å². The van der Waals surface area contributed by atoms with Gasteiger partial charge in [-0.25, -0.2) is 4.68 Å². The quantitative estimate of drug-likeness (QED) is 0.682. The smallest absolute Gasteiger partial charge is 0.251 e. The Kier molecular flexibility index (Phi) is 5.48. The molecule has 3 rings (SSSR count). The average Bonchev–Trinajstić information content (AvgIpc) is 3.20. The lowest BCUT2D eigenvalue weighted by Gasteiger charge is -2.17. The molecule has 1 amide bonds. The zero-order valence-electron chi connectivity index (χ0n) is 13.6. The molecule has 7 heteroatoms. The number of amides is 1. The molecule has 1 atom stereocenters. The number of hydrogen-bond donors (Lipinski definition) is 2. The average molecular weight is 337 g/mol. The van der Waals surface area contributed by atoms with Crippen molar-refractivity contribution in [1.29, 1.82) is 0 Å². The van der Waals surface area contributed by atoms with Crippen molar-refractivity contribution in [3.8, 4) is 5.69 Å². The van der Waals surface area contributed by atoms with Crippen molar-refractivity contribution in [2.45, 2.75) is 12.3 Å². The van der Waals surface area contributed by atoms with E-state index in [1.165, 1.54) is 11.0 Å². The number of rotatable bonds is 7. The minimum Gasteiger partial charge on any atom is -0.396 e. The summed E-state index contributed by atoms with van der Waals surface area (Å²) >= 11 is 0. The van der Waals surface area contributed by atoms with Crippen LogP contribution in [-0.4, -0.2) is 44.4 Å². The Hall–Kier alpha value is -3.06. The van der Waals surface area contributed by atoms with Crippen LogP contribution in [0.4, 0.5) is 0 Å². The molecule has 128 valence electrons. The Morgan fingerprint density at radius 2 is 2.00 bits per heavy atom. The third-order valence-corrected chi connectivity index (χ3v) is 3.98. The molecular formula is C18H19N5O2. The van der Waals surface area contributed by atoms with Gasteiger partial charge in [-0.15, -0.1) is 5.10 Å². The fourth-order valence-electron chi connectivity index (χ4n) is 2.65. The number of carbonyl (C=O) groups excluding carboxylic acids is 1. The third-order valence-electron chi connectivity index (χ3n) is 3.98. The Morgan fingerprint density at radius 1 is 1.16 bits per heavy atom. The van der Waals surface area contributed by atoms with E-state index in [1.54, 1.807) is 18.2 Å². The molecular weight excluding hydrogens is 318 g/mol. The number of aliphatic hydroxyl groups is 1. The molecule has 7 nitrogen and oxygen atoms in total. The predicted octanol–water partition coefficient (Wildman–Crippen LogP) is 1.56. The first-order valence-corrected chi connectivity index (χ1v) is 8.05. The molecule has 1 unspecified atom stereocenters. The molecule has 3 aromatic rings. The molecule has 2 N–H and O–H groups in total. The predicted molar refractivity (Wildman–Crippen MR) is 92.4 cm³/mol. The van der Waals surface area contributed by atoms with Gasteiger partial charge >= 0.3 is 0 Å². The summed E-state index contributed by atoms with van der Waals surface area (Å²) in [6.07, 6.45) is 2.07. The first-order valence-electron chi connectivity index (χ1n) is 8.05.